The van der Waals surface area contributed by atoms with E-state index in [9.17, 15) is 9.59 Å². The van der Waals surface area contributed by atoms with Gasteiger partial charge < -0.3 is 10.6 Å². The molecule has 0 unspecified atom stereocenters. The molecule has 8 heteroatoms. The summed E-state index contributed by atoms with van der Waals surface area (Å²) in [5.41, 5.74) is 4.65. The van der Waals surface area contributed by atoms with Crippen LogP contribution in [0.15, 0.2) is 24.3 Å². The van der Waals surface area contributed by atoms with E-state index in [1.807, 2.05) is 44.5 Å². The number of hydrogen-bond acceptors (Lipinski definition) is 5. The van der Waals surface area contributed by atoms with Crippen LogP contribution >= 0.6 is 0 Å². The molecule has 0 radical (unpaired) electrons. The average molecular weight is 427 g/mol. The van der Waals surface area contributed by atoms with Crippen molar-refractivity contribution in [1.82, 2.24) is 24.9 Å². The van der Waals surface area contributed by atoms with Gasteiger partial charge in [0, 0.05) is 32.2 Å². The summed E-state index contributed by atoms with van der Waals surface area (Å²) in [7, 11) is 0. The molecule has 1 aromatic heterocycles. The number of piperazine rings is 1. The number of aromatic nitrogens is 2. The summed E-state index contributed by atoms with van der Waals surface area (Å²) in [6.07, 6.45) is 0. The maximum atomic E-state index is 12.7. The monoisotopic (exact) mass is 426 g/mol. The Labute approximate surface area is 184 Å². The van der Waals surface area contributed by atoms with Crippen molar-refractivity contribution in [3.63, 3.8) is 0 Å². The molecule has 2 N–H and O–H groups in total. The highest BCUT2D eigenvalue weighted by atomic mass is 16.2. The van der Waals surface area contributed by atoms with Crippen molar-refractivity contribution in [2.45, 2.75) is 40.7 Å². The Kier molecular flexibility index (Phi) is 7.46. The number of benzene rings is 1. The van der Waals surface area contributed by atoms with Crippen LogP contribution in [0.1, 0.15) is 30.8 Å². The summed E-state index contributed by atoms with van der Waals surface area (Å²) in [4.78, 5) is 28.9. The van der Waals surface area contributed by atoms with Crippen molar-refractivity contribution < 1.29 is 9.59 Å². The van der Waals surface area contributed by atoms with Crippen molar-refractivity contribution in [2.24, 2.45) is 0 Å². The summed E-state index contributed by atoms with van der Waals surface area (Å²) >= 11 is 0. The van der Waals surface area contributed by atoms with Crippen LogP contribution in [0, 0.1) is 20.8 Å². The molecular weight excluding hydrogens is 392 g/mol. The van der Waals surface area contributed by atoms with Gasteiger partial charge in [-0.05, 0) is 46.8 Å². The number of carbonyl (C=O) groups excluding carboxylic acids is 2. The van der Waals surface area contributed by atoms with Gasteiger partial charge in [-0.15, -0.1) is 0 Å². The maximum Gasteiger partial charge on any atom is 0.238 e. The molecule has 1 aromatic carbocycles. The smallest absolute Gasteiger partial charge is 0.238 e. The van der Waals surface area contributed by atoms with Gasteiger partial charge >= 0.3 is 0 Å². The van der Waals surface area contributed by atoms with E-state index in [-0.39, 0.29) is 17.9 Å². The highest BCUT2D eigenvalue weighted by Crippen LogP contribution is 2.23. The molecule has 1 aliphatic rings. The Morgan fingerprint density at radius 1 is 0.935 bits per heavy atom. The summed E-state index contributed by atoms with van der Waals surface area (Å²) in [5.74, 6) is 0.0124. The molecule has 2 heterocycles. The fourth-order valence-corrected chi connectivity index (χ4v) is 3.82. The summed E-state index contributed by atoms with van der Waals surface area (Å²) in [6, 6.07) is 8.31. The van der Waals surface area contributed by atoms with Crippen LogP contribution in [0.25, 0.3) is 5.69 Å². The van der Waals surface area contributed by atoms with Crippen molar-refractivity contribution in [3.05, 3.63) is 41.2 Å². The van der Waals surface area contributed by atoms with Crippen molar-refractivity contribution in [2.75, 3.05) is 44.6 Å². The molecule has 3 rings (SSSR count). The van der Waals surface area contributed by atoms with Crippen LogP contribution in [0.3, 0.4) is 0 Å². The molecule has 0 bridgehead atoms. The van der Waals surface area contributed by atoms with E-state index >= 15 is 0 Å². The molecule has 1 fully saturated rings. The fourth-order valence-electron chi connectivity index (χ4n) is 3.82. The highest BCUT2D eigenvalue weighted by molar-refractivity contribution is 5.93. The largest absolute Gasteiger partial charge is 0.353 e. The van der Waals surface area contributed by atoms with Gasteiger partial charge in [0.1, 0.15) is 0 Å². The molecule has 0 aliphatic carbocycles. The number of aryl methyl sites for hydroxylation is 2. The maximum absolute atomic E-state index is 12.7. The second-order valence-electron chi connectivity index (χ2n) is 8.62. The predicted octanol–water partition coefficient (Wildman–Crippen LogP) is 1.88. The number of rotatable bonds is 7. The van der Waals surface area contributed by atoms with Crippen molar-refractivity contribution >= 4 is 17.5 Å². The van der Waals surface area contributed by atoms with Crippen LogP contribution in [-0.4, -0.2) is 76.7 Å². The fraction of sp³-hybridized carbons (Fsp3) is 0.522. The predicted molar refractivity (Wildman–Crippen MR) is 123 cm³/mol. The second kappa shape index (κ2) is 10.1. The molecular formula is C23H34N6O2. The lowest BCUT2D eigenvalue weighted by Gasteiger charge is -2.33. The molecule has 168 valence electrons. The van der Waals surface area contributed by atoms with E-state index < -0.39 is 0 Å². The Morgan fingerprint density at radius 2 is 1.48 bits per heavy atom. The van der Waals surface area contributed by atoms with Gasteiger partial charge in [0.15, 0.2) is 0 Å². The zero-order valence-corrected chi connectivity index (χ0v) is 19.2. The van der Waals surface area contributed by atoms with Gasteiger partial charge in [-0.3, -0.25) is 19.4 Å². The highest BCUT2D eigenvalue weighted by Gasteiger charge is 2.22. The summed E-state index contributed by atoms with van der Waals surface area (Å²) in [6.45, 7) is 13.7. The average Bonchev–Trinajstić information content (AvgIpc) is 2.97. The summed E-state index contributed by atoms with van der Waals surface area (Å²) in [5, 5.41) is 10.6. The number of hydrogen-bond donors (Lipinski definition) is 2. The van der Waals surface area contributed by atoms with Crippen molar-refractivity contribution in [1.29, 1.82) is 0 Å². The third-order valence-electron chi connectivity index (χ3n) is 5.48. The number of anilines is 1. The van der Waals surface area contributed by atoms with Crippen LogP contribution in [0.4, 0.5) is 5.69 Å². The third-order valence-corrected chi connectivity index (χ3v) is 5.48. The van der Waals surface area contributed by atoms with Crippen LogP contribution in [-0.2, 0) is 9.59 Å². The minimum Gasteiger partial charge on any atom is -0.353 e. The molecule has 1 aliphatic heterocycles. The second-order valence-corrected chi connectivity index (χ2v) is 8.62. The number of nitrogens with one attached hydrogen (secondary N) is 2. The van der Waals surface area contributed by atoms with E-state index in [1.54, 1.807) is 0 Å². The Balaban J connectivity index is 1.53. The van der Waals surface area contributed by atoms with Crippen LogP contribution in [0.2, 0.25) is 0 Å². The van der Waals surface area contributed by atoms with E-state index in [0.717, 1.165) is 48.9 Å². The zero-order valence-electron chi connectivity index (χ0n) is 19.2. The van der Waals surface area contributed by atoms with Crippen molar-refractivity contribution in [3.8, 4) is 5.69 Å². The molecule has 0 saturated carbocycles. The lowest BCUT2D eigenvalue weighted by molar-refractivity contribution is -0.124. The third kappa shape index (κ3) is 6.15. The summed E-state index contributed by atoms with van der Waals surface area (Å²) < 4.78 is 1.87. The first-order valence-electron chi connectivity index (χ1n) is 10.9. The molecule has 0 spiro atoms. The van der Waals surface area contributed by atoms with Gasteiger partial charge in [0.25, 0.3) is 0 Å². The quantitative estimate of drug-likeness (QED) is 0.706. The SMILES string of the molecule is Cc1ccc(-n2nc(C)c(NC(=O)CN3CCN(CC(=O)NC(C)C)CC3)c2C)cc1. The Bertz CT molecular complexity index is 911. The number of carbonyl (C=O) groups is 2. The van der Waals surface area contributed by atoms with Crippen LogP contribution in [0.5, 0.6) is 0 Å². The van der Waals surface area contributed by atoms with E-state index in [1.165, 1.54) is 5.56 Å². The lowest BCUT2D eigenvalue weighted by Crippen LogP contribution is -2.51. The van der Waals surface area contributed by atoms with E-state index in [2.05, 4.69) is 44.6 Å². The van der Waals surface area contributed by atoms with Gasteiger partial charge in [-0.25, -0.2) is 4.68 Å². The first-order valence-corrected chi connectivity index (χ1v) is 10.9. The standard InChI is InChI=1S/C23H34N6O2/c1-16(2)24-21(30)14-27-10-12-28(13-11-27)15-22(31)25-23-18(4)26-29(19(23)5)20-8-6-17(3)7-9-20/h6-9,16H,10-15H2,1-5H3,(H,24,30)(H,25,31). The van der Waals surface area contributed by atoms with Gasteiger partial charge in [0.05, 0.1) is 35.9 Å². The lowest BCUT2D eigenvalue weighted by atomic mass is 10.2. The topological polar surface area (TPSA) is 82.5 Å². The van der Waals surface area contributed by atoms with E-state index in [4.69, 9.17) is 0 Å². The van der Waals surface area contributed by atoms with Crippen LogP contribution < -0.4 is 10.6 Å². The zero-order chi connectivity index (χ0) is 22.5. The Hall–Kier alpha value is -2.71. The van der Waals surface area contributed by atoms with E-state index in [0.29, 0.717) is 13.1 Å². The first-order chi connectivity index (χ1) is 14.7. The Morgan fingerprint density at radius 3 is 2.03 bits per heavy atom. The normalized spacial score (nSPS) is 15.3. The van der Waals surface area contributed by atoms with Gasteiger partial charge in [0.2, 0.25) is 11.8 Å². The molecule has 2 amide bonds. The number of amides is 2. The molecule has 2 aromatic rings. The molecule has 0 atom stereocenters. The minimum atomic E-state index is -0.0411. The molecule has 31 heavy (non-hydrogen) atoms. The number of nitrogens with zero attached hydrogens (tertiary/aromatic N) is 4. The molecule has 1 saturated heterocycles. The molecule has 8 nitrogen and oxygen atoms in total. The first kappa shape index (κ1) is 23.0. The van der Waals surface area contributed by atoms with Gasteiger partial charge in [-0.1, -0.05) is 17.7 Å². The van der Waals surface area contributed by atoms with Gasteiger partial charge in [-0.2, -0.15) is 5.10 Å². The minimum absolute atomic E-state index is 0.0411.